The van der Waals surface area contributed by atoms with Crippen LogP contribution in [0.25, 0.3) is 0 Å². The van der Waals surface area contributed by atoms with Gasteiger partial charge < -0.3 is 16.2 Å². The minimum Gasteiger partial charge on any atom is -0.481 e. The lowest BCUT2D eigenvalue weighted by Crippen LogP contribution is -2.57. The Kier molecular flexibility index (Phi) is 4.91. The van der Waals surface area contributed by atoms with Gasteiger partial charge in [-0.1, -0.05) is 26.2 Å². The number of hydrogen-bond donors (Lipinski definition) is 3. The van der Waals surface area contributed by atoms with Crippen LogP contribution in [0.15, 0.2) is 0 Å². The molecule has 120 valence electrons. The Balaban J connectivity index is 1.96. The number of carbonyl (C=O) groups is 2. The van der Waals surface area contributed by atoms with Crippen LogP contribution in [0.3, 0.4) is 0 Å². The van der Waals surface area contributed by atoms with Gasteiger partial charge in [-0.2, -0.15) is 0 Å². The van der Waals surface area contributed by atoms with Crippen LogP contribution < -0.4 is 11.1 Å². The van der Waals surface area contributed by atoms with E-state index in [1.807, 2.05) is 0 Å². The van der Waals surface area contributed by atoms with E-state index in [-0.39, 0.29) is 12.5 Å². The first-order chi connectivity index (χ1) is 9.88. The molecular formula is C16H28N2O3. The number of carboxylic acid groups (broad SMARTS) is 1. The Labute approximate surface area is 126 Å². The molecule has 0 aromatic rings. The summed E-state index contributed by atoms with van der Waals surface area (Å²) in [5.41, 5.74) is 4.61. The van der Waals surface area contributed by atoms with Gasteiger partial charge in [0.25, 0.3) is 0 Å². The van der Waals surface area contributed by atoms with Gasteiger partial charge in [0.05, 0.1) is 11.0 Å². The molecule has 0 unspecified atom stereocenters. The van der Waals surface area contributed by atoms with E-state index in [1.54, 1.807) is 0 Å². The maximum Gasteiger partial charge on any atom is 0.311 e. The summed E-state index contributed by atoms with van der Waals surface area (Å²) in [5, 5.41) is 12.4. The normalized spacial score (nSPS) is 32.4. The molecule has 5 nitrogen and oxygen atoms in total. The number of nitrogens with two attached hydrogens (primary N) is 1. The molecule has 5 heteroatoms. The summed E-state index contributed by atoms with van der Waals surface area (Å²) in [6, 6.07) is 0. The molecule has 0 aromatic heterocycles. The van der Waals surface area contributed by atoms with Crippen LogP contribution in [-0.2, 0) is 9.59 Å². The van der Waals surface area contributed by atoms with E-state index >= 15 is 0 Å². The SMILES string of the molecule is CC1CCC(CNC(=O)C2(N)CCCCC2)(C(=O)O)CC1. The molecule has 0 spiro atoms. The fraction of sp³-hybridized carbons (Fsp3) is 0.875. The highest BCUT2D eigenvalue weighted by atomic mass is 16.4. The number of amides is 1. The minimum absolute atomic E-state index is 0.165. The quantitative estimate of drug-likeness (QED) is 0.740. The number of nitrogens with one attached hydrogen (secondary N) is 1. The number of hydrogen-bond acceptors (Lipinski definition) is 3. The number of aliphatic carboxylic acids is 1. The van der Waals surface area contributed by atoms with E-state index in [2.05, 4.69) is 12.2 Å². The van der Waals surface area contributed by atoms with Gasteiger partial charge in [-0.3, -0.25) is 9.59 Å². The average Bonchev–Trinajstić information content (AvgIpc) is 2.47. The van der Waals surface area contributed by atoms with Crippen LogP contribution in [0.1, 0.15) is 64.7 Å². The number of carboxylic acids is 1. The highest BCUT2D eigenvalue weighted by Gasteiger charge is 2.43. The van der Waals surface area contributed by atoms with Crippen molar-refractivity contribution in [1.29, 1.82) is 0 Å². The van der Waals surface area contributed by atoms with E-state index < -0.39 is 16.9 Å². The van der Waals surface area contributed by atoms with Crippen molar-refractivity contribution in [2.45, 2.75) is 70.3 Å². The second-order valence-corrected chi connectivity index (χ2v) is 7.17. The van der Waals surface area contributed by atoms with Crippen LogP contribution >= 0.6 is 0 Å². The fourth-order valence-electron chi connectivity index (χ4n) is 3.62. The largest absolute Gasteiger partial charge is 0.481 e. The van der Waals surface area contributed by atoms with E-state index in [9.17, 15) is 14.7 Å². The Morgan fingerprint density at radius 3 is 2.24 bits per heavy atom. The van der Waals surface area contributed by atoms with Crippen molar-refractivity contribution < 1.29 is 14.7 Å². The summed E-state index contributed by atoms with van der Waals surface area (Å²) in [4.78, 5) is 24.0. The van der Waals surface area contributed by atoms with Gasteiger partial charge in [-0.15, -0.1) is 0 Å². The smallest absolute Gasteiger partial charge is 0.311 e. The van der Waals surface area contributed by atoms with Gasteiger partial charge in [0, 0.05) is 6.54 Å². The summed E-state index contributed by atoms with van der Waals surface area (Å²) < 4.78 is 0. The van der Waals surface area contributed by atoms with Crippen LogP contribution in [0.4, 0.5) is 0 Å². The molecular weight excluding hydrogens is 268 g/mol. The van der Waals surface area contributed by atoms with Crippen LogP contribution in [0, 0.1) is 11.3 Å². The predicted molar refractivity (Wildman–Crippen MR) is 80.7 cm³/mol. The van der Waals surface area contributed by atoms with Crippen molar-refractivity contribution in [3.63, 3.8) is 0 Å². The number of rotatable bonds is 4. The molecule has 0 radical (unpaired) electrons. The zero-order valence-corrected chi connectivity index (χ0v) is 13.0. The van der Waals surface area contributed by atoms with Gasteiger partial charge in [-0.25, -0.2) is 0 Å². The highest BCUT2D eigenvalue weighted by Crippen LogP contribution is 2.39. The lowest BCUT2D eigenvalue weighted by atomic mass is 9.70. The first-order valence-electron chi connectivity index (χ1n) is 8.19. The Morgan fingerprint density at radius 1 is 1.14 bits per heavy atom. The van der Waals surface area contributed by atoms with Crippen LogP contribution in [-0.4, -0.2) is 29.1 Å². The van der Waals surface area contributed by atoms with Crippen molar-refractivity contribution in [2.75, 3.05) is 6.54 Å². The van der Waals surface area contributed by atoms with Crippen molar-refractivity contribution in [1.82, 2.24) is 5.32 Å². The molecule has 2 rings (SSSR count). The first kappa shape index (κ1) is 16.3. The third kappa shape index (κ3) is 3.57. The molecule has 0 bridgehead atoms. The molecule has 0 aliphatic heterocycles. The summed E-state index contributed by atoms with van der Waals surface area (Å²) in [6.45, 7) is 2.37. The number of carbonyl (C=O) groups excluding carboxylic acids is 1. The maximum atomic E-state index is 12.4. The Morgan fingerprint density at radius 2 is 1.71 bits per heavy atom. The molecule has 1 amide bonds. The average molecular weight is 296 g/mol. The molecule has 2 saturated carbocycles. The van der Waals surface area contributed by atoms with Crippen molar-refractivity contribution in [2.24, 2.45) is 17.1 Å². The van der Waals surface area contributed by atoms with Crippen LogP contribution in [0.5, 0.6) is 0 Å². The van der Waals surface area contributed by atoms with Crippen molar-refractivity contribution in [3.8, 4) is 0 Å². The summed E-state index contributed by atoms with van der Waals surface area (Å²) in [6.07, 6.45) is 7.60. The highest BCUT2D eigenvalue weighted by molar-refractivity contribution is 5.87. The third-order valence-electron chi connectivity index (χ3n) is 5.47. The van der Waals surface area contributed by atoms with Gasteiger partial charge in [0.2, 0.25) is 5.91 Å². The molecule has 2 aliphatic rings. The predicted octanol–water partition coefficient (Wildman–Crippen LogP) is 2.05. The topological polar surface area (TPSA) is 92.4 Å². The van der Waals surface area contributed by atoms with Crippen molar-refractivity contribution in [3.05, 3.63) is 0 Å². The maximum absolute atomic E-state index is 12.4. The summed E-state index contributed by atoms with van der Waals surface area (Å²) in [5.74, 6) is -0.377. The van der Waals surface area contributed by atoms with E-state index in [4.69, 9.17) is 5.73 Å². The second kappa shape index (κ2) is 6.34. The van der Waals surface area contributed by atoms with Gasteiger partial charge >= 0.3 is 5.97 Å². The van der Waals surface area contributed by atoms with E-state index in [1.165, 1.54) is 0 Å². The Hall–Kier alpha value is -1.10. The molecule has 0 saturated heterocycles. The minimum atomic E-state index is -0.798. The second-order valence-electron chi connectivity index (χ2n) is 7.17. The molecule has 2 aliphatic carbocycles. The first-order valence-corrected chi connectivity index (χ1v) is 8.19. The van der Waals surface area contributed by atoms with Gasteiger partial charge in [-0.05, 0) is 44.4 Å². The summed E-state index contributed by atoms with van der Waals surface area (Å²) in [7, 11) is 0. The van der Waals surface area contributed by atoms with Gasteiger partial charge in [0.15, 0.2) is 0 Å². The molecule has 0 heterocycles. The van der Waals surface area contributed by atoms with Crippen molar-refractivity contribution >= 4 is 11.9 Å². The van der Waals surface area contributed by atoms with E-state index in [0.717, 1.165) is 32.1 Å². The molecule has 0 aromatic carbocycles. The van der Waals surface area contributed by atoms with Crippen LogP contribution in [0.2, 0.25) is 0 Å². The molecule has 0 atom stereocenters. The fourth-order valence-corrected chi connectivity index (χ4v) is 3.62. The third-order valence-corrected chi connectivity index (χ3v) is 5.47. The monoisotopic (exact) mass is 296 g/mol. The molecule has 2 fully saturated rings. The van der Waals surface area contributed by atoms with E-state index in [0.29, 0.717) is 31.6 Å². The summed E-state index contributed by atoms with van der Waals surface area (Å²) >= 11 is 0. The Bertz CT molecular complexity index is 394. The lowest BCUT2D eigenvalue weighted by Gasteiger charge is -2.38. The zero-order valence-electron chi connectivity index (χ0n) is 13.0. The molecule has 4 N–H and O–H groups in total. The standard InChI is InChI=1S/C16H28N2O3/c1-12-5-9-15(10-6-12,14(20)21)11-18-13(19)16(17)7-3-2-4-8-16/h12H,2-11,17H2,1H3,(H,18,19)(H,20,21). The molecule has 21 heavy (non-hydrogen) atoms. The lowest BCUT2D eigenvalue weighted by molar-refractivity contribution is -0.151. The zero-order chi connectivity index (χ0) is 15.5. The van der Waals surface area contributed by atoms with Gasteiger partial charge in [0.1, 0.15) is 0 Å².